The maximum absolute atomic E-state index is 11.0. The molecule has 1 aliphatic rings. The molecule has 0 saturated carbocycles. The highest BCUT2D eigenvalue weighted by molar-refractivity contribution is 5.31. The molecule has 1 aromatic rings. The maximum atomic E-state index is 11.0. The highest BCUT2D eigenvalue weighted by Gasteiger charge is 2.16. The molecule has 0 bridgehead atoms. The molecule has 0 radical (unpaired) electrons. The van der Waals surface area contributed by atoms with Crippen molar-refractivity contribution in [2.24, 2.45) is 0 Å². The van der Waals surface area contributed by atoms with E-state index < -0.39 is 0 Å². The molecule has 0 aromatic carbocycles. The first-order chi connectivity index (χ1) is 8.74. The van der Waals surface area contributed by atoms with Crippen LogP contribution in [0.25, 0.3) is 0 Å². The van der Waals surface area contributed by atoms with Crippen LogP contribution in [0.1, 0.15) is 19.3 Å². The number of nitrogens with zero attached hydrogens (tertiary/aromatic N) is 2. The summed E-state index contributed by atoms with van der Waals surface area (Å²) in [7, 11) is 0. The number of β-amino-alcohol motifs (C(OH)–C–C–N with tert-alkyl or cyclic N) is 1. The fourth-order valence-corrected chi connectivity index (χ4v) is 2.22. The van der Waals surface area contributed by atoms with Crippen molar-refractivity contribution in [2.75, 3.05) is 31.5 Å². The van der Waals surface area contributed by atoms with Crippen molar-refractivity contribution < 1.29 is 5.11 Å². The summed E-state index contributed by atoms with van der Waals surface area (Å²) in [6, 6.07) is 1.45. The minimum atomic E-state index is -0.166. The molecule has 0 aliphatic carbocycles. The van der Waals surface area contributed by atoms with Gasteiger partial charge in [-0.05, 0) is 32.4 Å². The fourth-order valence-electron chi connectivity index (χ4n) is 2.22. The summed E-state index contributed by atoms with van der Waals surface area (Å²) < 4.78 is 0. The van der Waals surface area contributed by atoms with Gasteiger partial charge >= 0.3 is 0 Å². The summed E-state index contributed by atoms with van der Waals surface area (Å²) >= 11 is 0. The average Bonchev–Trinajstić information content (AvgIpc) is 2.35. The number of hydrogen-bond donors (Lipinski definition) is 3. The van der Waals surface area contributed by atoms with E-state index in [2.05, 4.69) is 20.2 Å². The number of anilines is 1. The zero-order valence-corrected chi connectivity index (χ0v) is 10.4. The predicted octanol–water partition coefficient (Wildman–Crippen LogP) is 0.0286. The molecule has 3 N–H and O–H groups in total. The third-order valence-electron chi connectivity index (χ3n) is 3.12. The number of piperidine rings is 1. The van der Waals surface area contributed by atoms with E-state index in [1.807, 2.05) is 0 Å². The van der Waals surface area contributed by atoms with Crippen molar-refractivity contribution >= 4 is 5.82 Å². The summed E-state index contributed by atoms with van der Waals surface area (Å²) in [5, 5.41) is 12.7. The minimum Gasteiger partial charge on any atom is -0.392 e. The second-order valence-electron chi connectivity index (χ2n) is 4.67. The van der Waals surface area contributed by atoms with Crippen LogP contribution in [0.5, 0.6) is 0 Å². The first-order valence-corrected chi connectivity index (χ1v) is 6.43. The number of aromatic nitrogens is 2. The van der Waals surface area contributed by atoms with Crippen molar-refractivity contribution in [2.45, 2.75) is 25.4 Å². The Labute approximate surface area is 106 Å². The van der Waals surface area contributed by atoms with E-state index in [0.29, 0.717) is 5.82 Å². The van der Waals surface area contributed by atoms with Crippen LogP contribution in [0.4, 0.5) is 5.82 Å². The van der Waals surface area contributed by atoms with Gasteiger partial charge < -0.3 is 20.3 Å². The fraction of sp³-hybridized carbons (Fsp3) is 0.667. The Hall–Kier alpha value is -1.40. The van der Waals surface area contributed by atoms with Gasteiger partial charge in [0.15, 0.2) is 0 Å². The molecule has 6 heteroatoms. The number of H-pyrrole nitrogens is 1. The molecular formula is C12H20N4O2. The lowest BCUT2D eigenvalue weighted by Gasteiger charge is -2.29. The van der Waals surface area contributed by atoms with Gasteiger partial charge in [-0.3, -0.25) is 4.79 Å². The monoisotopic (exact) mass is 252 g/mol. The summed E-state index contributed by atoms with van der Waals surface area (Å²) in [5.41, 5.74) is -0.147. The van der Waals surface area contributed by atoms with Gasteiger partial charge in [0.05, 0.1) is 12.4 Å². The minimum absolute atomic E-state index is 0.147. The zero-order valence-electron chi connectivity index (χ0n) is 10.4. The zero-order chi connectivity index (χ0) is 12.8. The Kier molecular flexibility index (Phi) is 4.72. The van der Waals surface area contributed by atoms with E-state index in [1.54, 1.807) is 0 Å². The van der Waals surface area contributed by atoms with E-state index in [9.17, 15) is 9.90 Å². The van der Waals surface area contributed by atoms with E-state index in [0.717, 1.165) is 45.4 Å². The van der Waals surface area contributed by atoms with Crippen molar-refractivity contribution in [3.05, 3.63) is 22.7 Å². The molecule has 0 amide bonds. The topological polar surface area (TPSA) is 81.2 Å². The lowest BCUT2D eigenvalue weighted by atomic mass is 10.1. The second-order valence-corrected chi connectivity index (χ2v) is 4.67. The third-order valence-corrected chi connectivity index (χ3v) is 3.12. The van der Waals surface area contributed by atoms with Crippen molar-refractivity contribution in [3.8, 4) is 0 Å². The molecule has 1 atom stereocenters. The van der Waals surface area contributed by atoms with Crippen LogP contribution >= 0.6 is 0 Å². The predicted molar refractivity (Wildman–Crippen MR) is 69.6 cm³/mol. The Balaban J connectivity index is 1.65. The molecule has 1 aliphatic heterocycles. The first kappa shape index (κ1) is 13.0. The van der Waals surface area contributed by atoms with Crippen molar-refractivity contribution in [3.63, 3.8) is 0 Å². The second kappa shape index (κ2) is 6.51. The van der Waals surface area contributed by atoms with Crippen molar-refractivity contribution in [1.82, 2.24) is 14.9 Å². The van der Waals surface area contributed by atoms with Crippen LogP contribution in [0.2, 0.25) is 0 Å². The number of likely N-dealkylation sites (tertiary alicyclic amines) is 1. The van der Waals surface area contributed by atoms with E-state index >= 15 is 0 Å². The summed E-state index contributed by atoms with van der Waals surface area (Å²) in [6.45, 7) is 3.60. The number of aromatic amines is 1. The average molecular weight is 252 g/mol. The van der Waals surface area contributed by atoms with Crippen LogP contribution in [-0.2, 0) is 0 Å². The molecule has 1 saturated heterocycles. The molecule has 0 spiro atoms. The molecule has 1 unspecified atom stereocenters. The molecule has 6 nitrogen and oxygen atoms in total. The largest absolute Gasteiger partial charge is 0.392 e. The standard InChI is InChI=1S/C12H20N4O2/c17-10-3-1-5-16(8-10)6-2-4-13-11-7-12(18)15-9-14-11/h7,9-10,17H,1-6,8H2,(H2,13,14,15,18). The quantitative estimate of drug-likeness (QED) is 0.644. The normalized spacial score (nSPS) is 20.8. The molecular weight excluding hydrogens is 232 g/mol. The third kappa shape index (κ3) is 4.12. The van der Waals surface area contributed by atoms with Gasteiger partial charge in [0.2, 0.25) is 0 Å². The summed E-state index contributed by atoms with van der Waals surface area (Å²) in [4.78, 5) is 19.8. The Bertz CT molecular complexity index is 421. The lowest BCUT2D eigenvalue weighted by Crippen LogP contribution is -2.39. The van der Waals surface area contributed by atoms with Gasteiger partial charge in [-0.25, -0.2) is 4.98 Å². The maximum Gasteiger partial charge on any atom is 0.252 e. The van der Waals surface area contributed by atoms with Crippen molar-refractivity contribution in [1.29, 1.82) is 0 Å². The molecule has 1 aromatic heterocycles. The van der Waals surface area contributed by atoms with Crippen LogP contribution in [0.15, 0.2) is 17.2 Å². The van der Waals surface area contributed by atoms with E-state index in [1.165, 1.54) is 12.4 Å². The number of hydrogen-bond acceptors (Lipinski definition) is 5. The first-order valence-electron chi connectivity index (χ1n) is 6.43. The van der Waals surface area contributed by atoms with Crippen LogP contribution in [0, 0.1) is 0 Å². The van der Waals surface area contributed by atoms with Gasteiger partial charge in [-0.1, -0.05) is 0 Å². The highest BCUT2D eigenvalue weighted by Crippen LogP contribution is 2.09. The molecule has 2 rings (SSSR count). The molecule has 2 heterocycles. The van der Waals surface area contributed by atoms with Gasteiger partial charge in [0.25, 0.3) is 5.56 Å². The van der Waals surface area contributed by atoms with E-state index in [4.69, 9.17) is 0 Å². The van der Waals surface area contributed by atoms with Crippen LogP contribution < -0.4 is 10.9 Å². The van der Waals surface area contributed by atoms with E-state index in [-0.39, 0.29) is 11.7 Å². The van der Waals surface area contributed by atoms with Crippen LogP contribution in [-0.4, -0.2) is 52.3 Å². The Morgan fingerprint density at radius 2 is 2.50 bits per heavy atom. The number of nitrogens with one attached hydrogen (secondary N) is 2. The molecule has 1 fully saturated rings. The van der Waals surface area contributed by atoms with Gasteiger partial charge in [0, 0.05) is 19.2 Å². The van der Waals surface area contributed by atoms with Gasteiger partial charge in [-0.15, -0.1) is 0 Å². The molecule has 100 valence electrons. The summed E-state index contributed by atoms with van der Waals surface area (Å²) in [6.07, 6.45) is 4.20. The SMILES string of the molecule is O=c1cc(NCCCN2CCCC(O)C2)nc[nH]1. The lowest BCUT2D eigenvalue weighted by molar-refractivity contribution is 0.0706. The Morgan fingerprint density at radius 1 is 1.61 bits per heavy atom. The number of aliphatic hydroxyl groups excluding tert-OH is 1. The van der Waals surface area contributed by atoms with Crippen LogP contribution in [0.3, 0.4) is 0 Å². The van der Waals surface area contributed by atoms with Gasteiger partial charge in [0.1, 0.15) is 5.82 Å². The molecule has 18 heavy (non-hydrogen) atoms. The number of aliphatic hydroxyl groups is 1. The highest BCUT2D eigenvalue weighted by atomic mass is 16.3. The summed E-state index contributed by atoms with van der Waals surface area (Å²) in [5.74, 6) is 0.609. The number of rotatable bonds is 5. The van der Waals surface area contributed by atoms with Gasteiger partial charge in [-0.2, -0.15) is 0 Å². The Morgan fingerprint density at radius 3 is 3.28 bits per heavy atom. The smallest absolute Gasteiger partial charge is 0.252 e.